The van der Waals surface area contributed by atoms with Gasteiger partial charge >= 0.3 is 0 Å². The molecule has 7 heteroatoms. The Morgan fingerprint density at radius 1 is 1.15 bits per heavy atom. The molecule has 0 spiro atoms. The average Bonchev–Trinajstić information content (AvgIpc) is 2.65. The van der Waals surface area contributed by atoms with Gasteiger partial charge in [0.15, 0.2) is 11.6 Å². The van der Waals surface area contributed by atoms with Crippen molar-refractivity contribution in [3.8, 4) is 0 Å². The molecule has 132 valence electrons. The highest BCUT2D eigenvalue weighted by Gasteiger charge is 2.22. The molecular weight excluding hydrogens is 397 g/mol. The fourth-order valence-corrected chi connectivity index (χ4v) is 3.51. The van der Waals surface area contributed by atoms with Crippen molar-refractivity contribution < 1.29 is 4.39 Å². The second kappa shape index (κ2) is 6.92. The van der Waals surface area contributed by atoms with Crippen LogP contribution in [-0.2, 0) is 6.42 Å². The Kier molecular flexibility index (Phi) is 4.46. The van der Waals surface area contributed by atoms with Gasteiger partial charge in [0.1, 0.15) is 17.8 Å². The van der Waals surface area contributed by atoms with Gasteiger partial charge in [0.25, 0.3) is 0 Å². The summed E-state index contributed by atoms with van der Waals surface area (Å²) in [4.78, 5) is 10.7. The number of nitrogens with two attached hydrogens (primary N) is 1. The van der Waals surface area contributed by atoms with Gasteiger partial charge in [-0.25, -0.2) is 14.4 Å². The molecule has 0 amide bonds. The number of nitrogens with zero attached hydrogens (tertiary/aromatic N) is 3. The van der Waals surface area contributed by atoms with E-state index in [-0.39, 0.29) is 5.82 Å². The number of benzene rings is 2. The summed E-state index contributed by atoms with van der Waals surface area (Å²) in [5.41, 5.74) is 9.41. The normalized spacial score (nSPS) is 13.4. The molecular formula is C19H17BrFN5. The zero-order valence-corrected chi connectivity index (χ0v) is 15.5. The number of halogens is 2. The van der Waals surface area contributed by atoms with Gasteiger partial charge in [-0.2, -0.15) is 0 Å². The molecule has 26 heavy (non-hydrogen) atoms. The van der Waals surface area contributed by atoms with Crippen LogP contribution in [0.2, 0.25) is 0 Å². The molecule has 1 aromatic heterocycles. The Morgan fingerprint density at radius 3 is 2.85 bits per heavy atom. The van der Waals surface area contributed by atoms with Crippen LogP contribution in [0.4, 0.5) is 33.1 Å². The highest BCUT2D eigenvalue weighted by molar-refractivity contribution is 9.10. The maximum absolute atomic E-state index is 14.1. The van der Waals surface area contributed by atoms with Crippen molar-refractivity contribution >= 4 is 44.6 Å². The van der Waals surface area contributed by atoms with Gasteiger partial charge in [-0.1, -0.05) is 34.1 Å². The second-order valence-electron chi connectivity index (χ2n) is 6.09. The van der Waals surface area contributed by atoms with E-state index in [2.05, 4.69) is 48.2 Å². The standard InChI is InChI=1S/C19H17BrFN5/c20-13-7-8-15(14(21)10-13)25-18-17(22)19(24-11-23-18)26-9-3-5-12-4-1-2-6-16(12)26/h1-2,4,6-8,10-11H,3,5,9,22H2,(H,23,24,25). The van der Waals surface area contributed by atoms with Crippen LogP contribution in [-0.4, -0.2) is 16.5 Å². The lowest BCUT2D eigenvalue weighted by molar-refractivity contribution is 0.631. The molecule has 0 atom stereocenters. The first-order valence-corrected chi connectivity index (χ1v) is 9.11. The molecule has 5 nitrogen and oxygen atoms in total. The van der Waals surface area contributed by atoms with Crippen molar-refractivity contribution in [1.82, 2.24) is 9.97 Å². The summed E-state index contributed by atoms with van der Waals surface area (Å²) in [6.45, 7) is 0.824. The van der Waals surface area contributed by atoms with E-state index in [1.54, 1.807) is 12.1 Å². The Hall–Kier alpha value is -2.67. The van der Waals surface area contributed by atoms with Gasteiger partial charge in [0.2, 0.25) is 0 Å². The third kappa shape index (κ3) is 3.10. The van der Waals surface area contributed by atoms with Gasteiger partial charge in [-0.05, 0) is 42.7 Å². The van der Waals surface area contributed by atoms with Crippen LogP contribution in [0, 0.1) is 5.82 Å². The van der Waals surface area contributed by atoms with E-state index in [1.165, 1.54) is 18.0 Å². The van der Waals surface area contributed by atoms with Gasteiger partial charge in [0, 0.05) is 16.7 Å². The number of para-hydroxylation sites is 1. The van der Waals surface area contributed by atoms with Crippen molar-refractivity contribution in [1.29, 1.82) is 0 Å². The Bertz CT molecular complexity index is 962. The lowest BCUT2D eigenvalue weighted by atomic mass is 10.0. The fraction of sp³-hybridized carbons (Fsp3) is 0.158. The minimum atomic E-state index is -0.387. The Morgan fingerprint density at radius 2 is 2.00 bits per heavy atom. The number of aryl methyl sites for hydroxylation is 1. The molecule has 1 aliphatic rings. The van der Waals surface area contributed by atoms with Crippen LogP contribution in [0.25, 0.3) is 0 Å². The summed E-state index contributed by atoms with van der Waals surface area (Å²) in [6, 6.07) is 13.0. The molecule has 0 radical (unpaired) electrons. The van der Waals surface area contributed by atoms with Gasteiger partial charge in [0.05, 0.1) is 5.69 Å². The van der Waals surface area contributed by atoms with E-state index in [1.807, 2.05) is 12.1 Å². The molecule has 0 unspecified atom stereocenters. The SMILES string of the molecule is Nc1c(Nc2ccc(Br)cc2F)ncnc1N1CCCc2ccccc21. The first-order valence-electron chi connectivity index (χ1n) is 8.31. The number of rotatable bonds is 3. The number of nitrogens with one attached hydrogen (secondary N) is 1. The predicted octanol–water partition coefficient (Wildman–Crippen LogP) is 4.79. The number of aromatic nitrogens is 2. The maximum atomic E-state index is 14.1. The maximum Gasteiger partial charge on any atom is 0.161 e. The monoisotopic (exact) mass is 413 g/mol. The van der Waals surface area contributed by atoms with Crippen molar-refractivity contribution in [2.45, 2.75) is 12.8 Å². The summed E-state index contributed by atoms with van der Waals surface area (Å²) in [7, 11) is 0. The first-order chi connectivity index (χ1) is 12.6. The minimum absolute atomic E-state index is 0.309. The summed E-state index contributed by atoms with van der Waals surface area (Å²) >= 11 is 3.25. The summed E-state index contributed by atoms with van der Waals surface area (Å²) < 4.78 is 14.8. The van der Waals surface area contributed by atoms with Crippen LogP contribution in [0.15, 0.2) is 53.3 Å². The molecule has 2 aromatic carbocycles. The smallest absolute Gasteiger partial charge is 0.161 e. The van der Waals surface area contributed by atoms with Crippen molar-refractivity contribution in [3.63, 3.8) is 0 Å². The zero-order valence-electron chi connectivity index (χ0n) is 13.9. The van der Waals surface area contributed by atoms with Crippen molar-refractivity contribution in [2.24, 2.45) is 0 Å². The molecule has 1 aliphatic heterocycles. The number of nitrogen functional groups attached to an aromatic ring is 1. The van der Waals surface area contributed by atoms with Crippen LogP contribution in [0.5, 0.6) is 0 Å². The largest absolute Gasteiger partial charge is 0.393 e. The van der Waals surface area contributed by atoms with Crippen LogP contribution in [0.3, 0.4) is 0 Å². The number of hydrogen-bond acceptors (Lipinski definition) is 5. The van der Waals surface area contributed by atoms with Gasteiger partial charge < -0.3 is 16.0 Å². The van der Waals surface area contributed by atoms with Crippen LogP contribution < -0.4 is 16.0 Å². The van der Waals surface area contributed by atoms with E-state index in [9.17, 15) is 4.39 Å². The third-order valence-electron chi connectivity index (χ3n) is 4.41. The van der Waals surface area contributed by atoms with E-state index < -0.39 is 0 Å². The first kappa shape index (κ1) is 16.8. The van der Waals surface area contributed by atoms with Crippen LogP contribution in [0.1, 0.15) is 12.0 Å². The highest BCUT2D eigenvalue weighted by atomic mass is 79.9. The molecule has 0 saturated heterocycles. The Labute approximate surface area is 159 Å². The predicted molar refractivity (Wildman–Crippen MR) is 106 cm³/mol. The molecule has 0 saturated carbocycles. The van der Waals surface area contributed by atoms with Gasteiger partial charge in [-0.15, -0.1) is 0 Å². The average molecular weight is 414 g/mol. The highest BCUT2D eigenvalue weighted by Crippen LogP contribution is 2.37. The molecule has 4 rings (SSSR count). The topological polar surface area (TPSA) is 67.1 Å². The third-order valence-corrected chi connectivity index (χ3v) is 4.91. The molecule has 0 aliphatic carbocycles. The van der Waals surface area contributed by atoms with E-state index >= 15 is 0 Å². The van der Waals surface area contributed by atoms with Crippen LogP contribution >= 0.6 is 15.9 Å². The van der Waals surface area contributed by atoms with E-state index in [0.717, 1.165) is 25.1 Å². The quantitative estimate of drug-likeness (QED) is 0.645. The van der Waals surface area contributed by atoms with Gasteiger partial charge in [-0.3, -0.25) is 0 Å². The van der Waals surface area contributed by atoms with E-state index in [0.29, 0.717) is 27.5 Å². The number of fused-ring (bicyclic) bond motifs is 1. The Balaban J connectivity index is 1.71. The second-order valence-corrected chi connectivity index (χ2v) is 7.01. The summed E-state index contributed by atoms with van der Waals surface area (Å²) in [5.74, 6) is 0.633. The molecule has 2 heterocycles. The molecule has 3 N–H and O–H groups in total. The number of anilines is 5. The zero-order chi connectivity index (χ0) is 18.1. The van der Waals surface area contributed by atoms with Crippen molar-refractivity contribution in [3.05, 3.63) is 64.6 Å². The number of hydrogen-bond donors (Lipinski definition) is 2. The van der Waals surface area contributed by atoms with Crippen molar-refractivity contribution in [2.75, 3.05) is 22.5 Å². The fourth-order valence-electron chi connectivity index (χ4n) is 3.17. The molecule has 3 aromatic rings. The lowest BCUT2D eigenvalue weighted by Crippen LogP contribution is -2.26. The summed E-state index contributed by atoms with van der Waals surface area (Å²) in [6.07, 6.45) is 3.50. The van der Waals surface area contributed by atoms with E-state index in [4.69, 9.17) is 5.73 Å². The minimum Gasteiger partial charge on any atom is -0.393 e. The molecule has 0 bridgehead atoms. The molecule has 0 fully saturated rings. The lowest BCUT2D eigenvalue weighted by Gasteiger charge is -2.31. The summed E-state index contributed by atoms with van der Waals surface area (Å²) in [5, 5.41) is 2.97.